The summed E-state index contributed by atoms with van der Waals surface area (Å²) in [6, 6.07) is 10.8. The van der Waals surface area contributed by atoms with Gasteiger partial charge in [0.2, 0.25) is 10.0 Å². The van der Waals surface area contributed by atoms with Crippen LogP contribution in [-0.4, -0.2) is 33.4 Å². The molecule has 0 saturated heterocycles. The fraction of sp³-hybridized carbons (Fsp3) is 0.167. The average Bonchev–Trinajstić information content (AvgIpc) is 2.70. The van der Waals surface area contributed by atoms with Crippen molar-refractivity contribution in [1.82, 2.24) is 4.72 Å². The minimum absolute atomic E-state index is 0.292. The highest BCUT2D eigenvalue weighted by molar-refractivity contribution is 7.89. The third kappa shape index (κ3) is 6.57. The summed E-state index contributed by atoms with van der Waals surface area (Å²) in [5.41, 5.74) is -0.570. The van der Waals surface area contributed by atoms with Gasteiger partial charge in [-0.3, -0.25) is 9.59 Å². The number of benzene rings is 2. The SMILES string of the molecule is N#Cc1cccc(NC(=O)COC(=O)CNS(=O)(=O)c2cccc(C(F)(F)F)c2)c1. The Bertz CT molecular complexity index is 1090. The van der Waals surface area contributed by atoms with Gasteiger partial charge in [-0.05, 0) is 36.4 Å². The van der Waals surface area contributed by atoms with Crippen LogP contribution in [0.4, 0.5) is 18.9 Å². The van der Waals surface area contributed by atoms with Crippen LogP contribution in [0.25, 0.3) is 0 Å². The van der Waals surface area contributed by atoms with Crippen LogP contribution in [0.15, 0.2) is 53.4 Å². The molecule has 2 aromatic carbocycles. The molecule has 0 bridgehead atoms. The number of ether oxygens (including phenoxy) is 1. The number of amides is 1. The fourth-order valence-electron chi connectivity index (χ4n) is 2.14. The zero-order chi connectivity index (χ0) is 22.4. The first-order valence-corrected chi connectivity index (χ1v) is 9.62. The van der Waals surface area contributed by atoms with Crippen LogP contribution in [0.3, 0.4) is 0 Å². The quantitative estimate of drug-likeness (QED) is 0.634. The lowest BCUT2D eigenvalue weighted by molar-refractivity contribution is -0.146. The third-order valence-electron chi connectivity index (χ3n) is 3.52. The van der Waals surface area contributed by atoms with Gasteiger partial charge in [0.25, 0.3) is 5.91 Å². The second-order valence-electron chi connectivity index (χ2n) is 5.75. The molecule has 12 heteroatoms. The van der Waals surface area contributed by atoms with E-state index in [1.807, 2.05) is 6.07 Å². The molecule has 2 N–H and O–H groups in total. The Hall–Kier alpha value is -3.43. The first-order valence-electron chi connectivity index (χ1n) is 8.14. The smallest absolute Gasteiger partial charge is 0.416 e. The van der Waals surface area contributed by atoms with E-state index in [4.69, 9.17) is 5.26 Å². The van der Waals surface area contributed by atoms with E-state index in [0.717, 1.165) is 12.1 Å². The molecule has 30 heavy (non-hydrogen) atoms. The Kier molecular flexibility index (Phi) is 7.14. The van der Waals surface area contributed by atoms with Crippen molar-refractivity contribution < 1.29 is 35.9 Å². The molecule has 0 unspecified atom stereocenters. The van der Waals surface area contributed by atoms with E-state index >= 15 is 0 Å². The number of alkyl halides is 3. The Morgan fingerprint density at radius 3 is 2.47 bits per heavy atom. The molecule has 0 saturated carbocycles. The number of rotatable bonds is 7. The highest BCUT2D eigenvalue weighted by Gasteiger charge is 2.31. The van der Waals surface area contributed by atoms with Crippen molar-refractivity contribution >= 4 is 27.6 Å². The monoisotopic (exact) mass is 441 g/mol. The maximum absolute atomic E-state index is 12.7. The Morgan fingerprint density at radius 2 is 1.80 bits per heavy atom. The lowest BCUT2D eigenvalue weighted by Crippen LogP contribution is -2.32. The summed E-state index contributed by atoms with van der Waals surface area (Å²) in [6.07, 6.45) is -4.73. The van der Waals surface area contributed by atoms with Crippen LogP contribution in [-0.2, 0) is 30.5 Å². The number of carbonyl (C=O) groups excluding carboxylic acids is 2. The summed E-state index contributed by atoms with van der Waals surface area (Å²) in [5, 5.41) is 11.2. The predicted octanol–water partition coefficient (Wildman–Crippen LogP) is 2.04. The number of hydrogen-bond donors (Lipinski definition) is 2. The summed E-state index contributed by atoms with van der Waals surface area (Å²) in [4.78, 5) is 22.7. The van der Waals surface area contributed by atoms with Crippen molar-refractivity contribution in [2.75, 3.05) is 18.5 Å². The van der Waals surface area contributed by atoms with Gasteiger partial charge in [0.05, 0.1) is 22.1 Å². The van der Waals surface area contributed by atoms with E-state index in [0.29, 0.717) is 23.4 Å². The normalized spacial score (nSPS) is 11.4. The van der Waals surface area contributed by atoms with Gasteiger partial charge < -0.3 is 10.1 Å². The lowest BCUT2D eigenvalue weighted by atomic mass is 10.2. The zero-order valence-corrected chi connectivity index (χ0v) is 15.9. The Morgan fingerprint density at radius 1 is 1.10 bits per heavy atom. The number of nitrogens with one attached hydrogen (secondary N) is 2. The number of hydrogen-bond acceptors (Lipinski definition) is 6. The second-order valence-corrected chi connectivity index (χ2v) is 7.52. The number of carbonyl (C=O) groups is 2. The lowest BCUT2D eigenvalue weighted by Gasteiger charge is -2.10. The molecule has 0 aromatic heterocycles. The van der Waals surface area contributed by atoms with Gasteiger partial charge in [-0.2, -0.15) is 23.2 Å². The second kappa shape index (κ2) is 9.38. The highest BCUT2D eigenvalue weighted by atomic mass is 32.2. The van der Waals surface area contributed by atoms with Gasteiger partial charge in [-0.15, -0.1) is 0 Å². The van der Waals surface area contributed by atoms with Crippen LogP contribution in [0.5, 0.6) is 0 Å². The molecule has 0 heterocycles. The molecule has 8 nitrogen and oxygen atoms in total. The number of sulfonamides is 1. The number of nitrogens with zero attached hydrogens (tertiary/aromatic N) is 1. The minimum atomic E-state index is -4.73. The molecule has 1 amide bonds. The van der Waals surface area contributed by atoms with Crippen LogP contribution in [0.2, 0.25) is 0 Å². The fourth-order valence-corrected chi connectivity index (χ4v) is 3.15. The first-order chi connectivity index (χ1) is 14.0. The molecular formula is C18H14F3N3O5S. The topological polar surface area (TPSA) is 125 Å². The van der Waals surface area contributed by atoms with Crippen molar-refractivity contribution in [2.45, 2.75) is 11.1 Å². The first kappa shape index (κ1) is 22.9. The van der Waals surface area contributed by atoms with Gasteiger partial charge in [-0.1, -0.05) is 12.1 Å². The Balaban J connectivity index is 1.88. The molecular weight excluding hydrogens is 427 g/mol. The van der Waals surface area contributed by atoms with E-state index in [1.165, 1.54) is 24.3 Å². The standard InChI is InChI=1S/C18H14F3N3O5S/c19-18(20,21)13-4-2-6-15(8-13)30(27,28)23-10-17(26)29-11-16(25)24-14-5-1-3-12(7-14)9-22/h1-8,23H,10-11H2,(H,24,25). The maximum Gasteiger partial charge on any atom is 0.416 e. The van der Waals surface area contributed by atoms with Gasteiger partial charge in [0.1, 0.15) is 6.54 Å². The molecule has 2 aromatic rings. The number of nitriles is 1. The van der Waals surface area contributed by atoms with E-state index in [9.17, 15) is 31.2 Å². The Labute approximate surface area is 169 Å². The summed E-state index contributed by atoms with van der Waals surface area (Å²) < 4.78 is 68.7. The largest absolute Gasteiger partial charge is 0.455 e. The number of esters is 1. The minimum Gasteiger partial charge on any atom is -0.455 e. The molecule has 2 rings (SSSR count). The predicted molar refractivity (Wildman–Crippen MR) is 97.4 cm³/mol. The van der Waals surface area contributed by atoms with E-state index < -0.39 is 51.7 Å². The van der Waals surface area contributed by atoms with Gasteiger partial charge in [-0.25, -0.2) is 8.42 Å². The van der Waals surface area contributed by atoms with Crippen LogP contribution >= 0.6 is 0 Å². The van der Waals surface area contributed by atoms with Crippen LogP contribution in [0.1, 0.15) is 11.1 Å². The molecule has 0 radical (unpaired) electrons. The average molecular weight is 441 g/mol. The summed E-state index contributed by atoms with van der Waals surface area (Å²) in [7, 11) is -4.41. The molecule has 0 aliphatic heterocycles. The summed E-state index contributed by atoms with van der Waals surface area (Å²) >= 11 is 0. The van der Waals surface area contributed by atoms with E-state index in [2.05, 4.69) is 10.1 Å². The number of anilines is 1. The van der Waals surface area contributed by atoms with Crippen molar-refractivity contribution in [1.29, 1.82) is 5.26 Å². The van der Waals surface area contributed by atoms with E-state index in [-0.39, 0.29) is 0 Å². The van der Waals surface area contributed by atoms with Crippen molar-refractivity contribution in [2.24, 2.45) is 0 Å². The van der Waals surface area contributed by atoms with Gasteiger partial charge in [0.15, 0.2) is 6.61 Å². The molecule has 0 fully saturated rings. The zero-order valence-electron chi connectivity index (χ0n) is 15.1. The third-order valence-corrected chi connectivity index (χ3v) is 4.92. The summed E-state index contributed by atoms with van der Waals surface area (Å²) in [6.45, 7) is -1.63. The van der Waals surface area contributed by atoms with Crippen LogP contribution in [0, 0.1) is 11.3 Å². The van der Waals surface area contributed by atoms with E-state index in [1.54, 1.807) is 4.72 Å². The molecule has 158 valence electrons. The number of halogens is 3. The van der Waals surface area contributed by atoms with Crippen molar-refractivity contribution in [3.05, 3.63) is 59.7 Å². The molecule has 0 aliphatic carbocycles. The molecule has 0 aliphatic rings. The van der Waals surface area contributed by atoms with Gasteiger partial charge >= 0.3 is 12.1 Å². The molecule has 0 atom stereocenters. The van der Waals surface area contributed by atoms with Crippen molar-refractivity contribution in [3.8, 4) is 6.07 Å². The molecule has 0 spiro atoms. The summed E-state index contributed by atoms with van der Waals surface area (Å²) in [5.74, 6) is -1.86. The van der Waals surface area contributed by atoms with Gasteiger partial charge in [0, 0.05) is 5.69 Å². The van der Waals surface area contributed by atoms with Crippen molar-refractivity contribution in [3.63, 3.8) is 0 Å². The van der Waals surface area contributed by atoms with Crippen LogP contribution < -0.4 is 10.0 Å². The highest BCUT2D eigenvalue weighted by Crippen LogP contribution is 2.30. The maximum atomic E-state index is 12.7.